The van der Waals surface area contributed by atoms with E-state index in [1.165, 1.54) is 6.20 Å². The first kappa shape index (κ1) is 13.2. The highest BCUT2D eigenvalue weighted by molar-refractivity contribution is 5.84. The van der Waals surface area contributed by atoms with Crippen molar-refractivity contribution in [3.8, 4) is 11.6 Å². The van der Waals surface area contributed by atoms with Gasteiger partial charge in [0.1, 0.15) is 5.52 Å². The molecule has 1 aromatic carbocycles. The van der Waals surface area contributed by atoms with Crippen LogP contribution >= 0.6 is 0 Å². The number of aldehydes is 1. The van der Waals surface area contributed by atoms with Crippen LogP contribution in [0, 0.1) is 13.8 Å². The lowest BCUT2D eigenvalue weighted by Crippen LogP contribution is -1.95. The minimum atomic E-state index is 0.483. The molecule has 104 valence electrons. The van der Waals surface area contributed by atoms with Gasteiger partial charge >= 0.3 is 0 Å². The van der Waals surface area contributed by atoms with Crippen LogP contribution in [0.1, 0.15) is 21.6 Å². The summed E-state index contributed by atoms with van der Waals surface area (Å²) in [5.41, 5.74) is 3.08. The lowest BCUT2D eigenvalue weighted by atomic mass is 10.2. The standard InChI is InChI=1S/C17H14N2O2/c1-11-8-13(10-20)9-18-17(11)21-15-5-3-4-14-7-6-12(2)19-16(14)15/h3-10H,1-2H3. The number of hydrogen-bond donors (Lipinski definition) is 0. The normalized spacial score (nSPS) is 10.6. The molecule has 3 aromatic rings. The summed E-state index contributed by atoms with van der Waals surface area (Å²) in [4.78, 5) is 19.5. The quantitative estimate of drug-likeness (QED) is 0.683. The molecule has 0 aliphatic rings. The fraction of sp³-hybridized carbons (Fsp3) is 0.118. The van der Waals surface area contributed by atoms with Gasteiger partial charge in [-0.25, -0.2) is 9.97 Å². The van der Waals surface area contributed by atoms with E-state index in [1.807, 2.05) is 44.2 Å². The topological polar surface area (TPSA) is 52.1 Å². The number of aromatic nitrogens is 2. The highest BCUT2D eigenvalue weighted by Crippen LogP contribution is 2.29. The molecule has 0 saturated heterocycles. The van der Waals surface area contributed by atoms with Crippen LogP contribution in [0.3, 0.4) is 0 Å². The molecule has 3 rings (SSSR count). The smallest absolute Gasteiger partial charge is 0.222 e. The minimum absolute atomic E-state index is 0.483. The molecule has 21 heavy (non-hydrogen) atoms. The van der Waals surface area contributed by atoms with Gasteiger partial charge in [-0.15, -0.1) is 0 Å². The van der Waals surface area contributed by atoms with Gasteiger partial charge in [0.15, 0.2) is 12.0 Å². The Hall–Kier alpha value is -2.75. The third-order valence-electron chi connectivity index (χ3n) is 3.22. The maximum Gasteiger partial charge on any atom is 0.222 e. The predicted molar refractivity (Wildman–Crippen MR) is 80.9 cm³/mol. The minimum Gasteiger partial charge on any atom is -0.436 e. The molecule has 0 N–H and O–H groups in total. The average Bonchev–Trinajstić information content (AvgIpc) is 2.49. The fourth-order valence-electron chi connectivity index (χ4n) is 2.16. The van der Waals surface area contributed by atoms with Gasteiger partial charge in [-0.2, -0.15) is 0 Å². The average molecular weight is 278 g/mol. The Balaban J connectivity index is 2.05. The number of rotatable bonds is 3. The van der Waals surface area contributed by atoms with Gasteiger partial charge < -0.3 is 4.74 Å². The summed E-state index contributed by atoms with van der Waals surface area (Å²) in [5, 5.41) is 1.01. The van der Waals surface area contributed by atoms with Crippen molar-refractivity contribution in [3.05, 3.63) is 59.4 Å². The van der Waals surface area contributed by atoms with E-state index in [0.29, 0.717) is 17.2 Å². The maximum absolute atomic E-state index is 10.7. The number of benzene rings is 1. The van der Waals surface area contributed by atoms with Crippen LogP contribution in [-0.4, -0.2) is 16.3 Å². The van der Waals surface area contributed by atoms with E-state index in [2.05, 4.69) is 9.97 Å². The molecule has 0 amide bonds. The van der Waals surface area contributed by atoms with Crippen molar-refractivity contribution in [2.24, 2.45) is 0 Å². The third kappa shape index (κ3) is 2.60. The largest absolute Gasteiger partial charge is 0.436 e. The SMILES string of the molecule is Cc1ccc2cccc(Oc3ncc(C=O)cc3C)c2n1. The number of carbonyl (C=O) groups excluding carboxylic acids is 1. The summed E-state index contributed by atoms with van der Waals surface area (Å²) in [5.74, 6) is 1.14. The van der Waals surface area contributed by atoms with E-state index in [4.69, 9.17) is 4.74 Å². The lowest BCUT2D eigenvalue weighted by Gasteiger charge is -2.10. The van der Waals surface area contributed by atoms with Crippen LogP contribution in [0.2, 0.25) is 0 Å². The molecule has 4 nitrogen and oxygen atoms in total. The zero-order chi connectivity index (χ0) is 14.8. The molecule has 0 aliphatic carbocycles. The van der Waals surface area contributed by atoms with Crippen molar-refractivity contribution in [1.82, 2.24) is 9.97 Å². The first-order chi connectivity index (χ1) is 10.2. The summed E-state index contributed by atoms with van der Waals surface area (Å²) in [7, 11) is 0. The van der Waals surface area contributed by atoms with E-state index >= 15 is 0 Å². The molecular weight excluding hydrogens is 264 g/mol. The lowest BCUT2D eigenvalue weighted by molar-refractivity contribution is 0.112. The zero-order valence-corrected chi connectivity index (χ0v) is 11.8. The predicted octanol–water partition coefficient (Wildman–Crippen LogP) is 3.85. The Morgan fingerprint density at radius 1 is 1.14 bits per heavy atom. The monoisotopic (exact) mass is 278 g/mol. The Morgan fingerprint density at radius 3 is 2.76 bits per heavy atom. The van der Waals surface area contributed by atoms with Gasteiger partial charge in [0, 0.05) is 28.4 Å². The highest BCUT2D eigenvalue weighted by Gasteiger charge is 2.08. The van der Waals surface area contributed by atoms with Crippen molar-refractivity contribution in [2.75, 3.05) is 0 Å². The van der Waals surface area contributed by atoms with Crippen molar-refractivity contribution >= 4 is 17.2 Å². The van der Waals surface area contributed by atoms with E-state index in [-0.39, 0.29) is 0 Å². The molecular formula is C17H14N2O2. The van der Waals surface area contributed by atoms with Gasteiger partial charge in [-0.1, -0.05) is 18.2 Å². The second-order valence-corrected chi connectivity index (χ2v) is 4.89. The first-order valence-corrected chi connectivity index (χ1v) is 6.63. The number of ether oxygens (including phenoxy) is 1. The van der Waals surface area contributed by atoms with Gasteiger partial charge in [-0.3, -0.25) is 4.79 Å². The number of hydrogen-bond acceptors (Lipinski definition) is 4. The molecule has 4 heteroatoms. The van der Waals surface area contributed by atoms with Crippen LogP contribution in [0.15, 0.2) is 42.6 Å². The van der Waals surface area contributed by atoms with Gasteiger partial charge in [0.2, 0.25) is 5.88 Å². The number of para-hydroxylation sites is 1. The van der Waals surface area contributed by atoms with Crippen LogP contribution < -0.4 is 4.74 Å². The van der Waals surface area contributed by atoms with Gasteiger partial charge in [0.05, 0.1) is 0 Å². The number of aryl methyl sites for hydroxylation is 2. The Morgan fingerprint density at radius 2 is 2.00 bits per heavy atom. The molecule has 2 aromatic heterocycles. The number of fused-ring (bicyclic) bond motifs is 1. The van der Waals surface area contributed by atoms with Crippen molar-refractivity contribution in [2.45, 2.75) is 13.8 Å². The summed E-state index contributed by atoms with van der Waals surface area (Å²) in [6.45, 7) is 3.80. The van der Waals surface area contributed by atoms with Crippen LogP contribution in [0.25, 0.3) is 10.9 Å². The summed E-state index contributed by atoms with van der Waals surface area (Å²) in [6.07, 6.45) is 2.27. The Bertz CT molecular complexity index is 828. The molecule has 0 bridgehead atoms. The molecule has 0 fully saturated rings. The summed E-state index contributed by atoms with van der Waals surface area (Å²) < 4.78 is 5.89. The second-order valence-electron chi connectivity index (χ2n) is 4.89. The number of nitrogens with zero attached hydrogens (tertiary/aromatic N) is 2. The molecule has 0 aliphatic heterocycles. The Kier molecular flexibility index (Phi) is 3.36. The van der Waals surface area contributed by atoms with Crippen molar-refractivity contribution < 1.29 is 9.53 Å². The summed E-state index contributed by atoms with van der Waals surface area (Å²) >= 11 is 0. The molecule has 0 saturated carbocycles. The van der Waals surface area contributed by atoms with E-state index in [9.17, 15) is 4.79 Å². The number of pyridine rings is 2. The van der Waals surface area contributed by atoms with Crippen LogP contribution in [-0.2, 0) is 0 Å². The fourth-order valence-corrected chi connectivity index (χ4v) is 2.16. The van der Waals surface area contributed by atoms with Gasteiger partial charge in [0.25, 0.3) is 0 Å². The number of carbonyl (C=O) groups is 1. The third-order valence-corrected chi connectivity index (χ3v) is 3.22. The highest BCUT2D eigenvalue weighted by atomic mass is 16.5. The molecule has 0 atom stereocenters. The zero-order valence-electron chi connectivity index (χ0n) is 11.8. The summed E-state index contributed by atoms with van der Waals surface area (Å²) in [6, 6.07) is 11.5. The van der Waals surface area contributed by atoms with Crippen molar-refractivity contribution in [1.29, 1.82) is 0 Å². The maximum atomic E-state index is 10.7. The second kappa shape index (κ2) is 5.32. The van der Waals surface area contributed by atoms with E-state index in [0.717, 1.165) is 28.4 Å². The molecule has 0 unspecified atom stereocenters. The van der Waals surface area contributed by atoms with Crippen LogP contribution in [0.5, 0.6) is 11.6 Å². The van der Waals surface area contributed by atoms with Crippen LogP contribution in [0.4, 0.5) is 0 Å². The van der Waals surface area contributed by atoms with Gasteiger partial charge in [-0.05, 0) is 32.0 Å². The molecule has 0 spiro atoms. The molecule has 2 heterocycles. The van der Waals surface area contributed by atoms with Crippen molar-refractivity contribution in [3.63, 3.8) is 0 Å². The first-order valence-electron chi connectivity index (χ1n) is 6.63. The van der Waals surface area contributed by atoms with E-state index < -0.39 is 0 Å². The molecule has 0 radical (unpaired) electrons. The van der Waals surface area contributed by atoms with E-state index in [1.54, 1.807) is 6.07 Å². The Labute approximate surface area is 122 Å².